The Morgan fingerprint density at radius 3 is 2.41 bits per heavy atom. The predicted molar refractivity (Wildman–Crippen MR) is 69.9 cm³/mol. The normalized spacial score (nSPS) is 14.5. The van der Waals surface area contributed by atoms with Crippen LogP contribution in [0.5, 0.6) is 5.75 Å². The molecule has 0 aliphatic rings. The fraction of sp³-hybridized carbons (Fsp3) is 0.200. The lowest BCUT2D eigenvalue weighted by Crippen LogP contribution is -2.06. The molecular formula is C15H16O2. The Kier molecular flexibility index (Phi) is 3.16. The Morgan fingerprint density at radius 1 is 1.12 bits per heavy atom. The summed E-state index contributed by atoms with van der Waals surface area (Å²) in [4.78, 5) is 0. The van der Waals surface area contributed by atoms with Crippen LogP contribution in [0.1, 0.15) is 18.6 Å². The van der Waals surface area contributed by atoms with E-state index in [4.69, 9.17) is 0 Å². The van der Waals surface area contributed by atoms with Gasteiger partial charge in [0.05, 0.1) is 6.10 Å². The van der Waals surface area contributed by atoms with Gasteiger partial charge in [-0.15, -0.1) is 6.58 Å². The van der Waals surface area contributed by atoms with E-state index in [0.29, 0.717) is 0 Å². The molecule has 88 valence electrons. The predicted octanol–water partition coefficient (Wildman–Crippen LogP) is 3.40. The fourth-order valence-corrected chi connectivity index (χ4v) is 1.98. The van der Waals surface area contributed by atoms with Gasteiger partial charge < -0.3 is 10.2 Å². The van der Waals surface area contributed by atoms with Crippen LogP contribution in [0.15, 0.2) is 49.1 Å². The first-order valence-corrected chi connectivity index (χ1v) is 5.66. The van der Waals surface area contributed by atoms with Crippen LogP contribution >= 0.6 is 0 Å². The van der Waals surface area contributed by atoms with E-state index in [1.54, 1.807) is 18.2 Å². The van der Waals surface area contributed by atoms with Gasteiger partial charge in [-0.25, -0.2) is 0 Å². The molecule has 0 unspecified atom stereocenters. The number of benzene rings is 2. The summed E-state index contributed by atoms with van der Waals surface area (Å²) < 4.78 is 0. The van der Waals surface area contributed by atoms with E-state index in [1.165, 1.54) is 0 Å². The van der Waals surface area contributed by atoms with E-state index in [-0.39, 0.29) is 11.7 Å². The molecule has 0 heterocycles. The Labute approximate surface area is 101 Å². The summed E-state index contributed by atoms with van der Waals surface area (Å²) in [7, 11) is 0. The van der Waals surface area contributed by atoms with Gasteiger partial charge in [-0.2, -0.15) is 0 Å². The minimum absolute atomic E-state index is 0.0250. The van der Waals surface area contributed by atoms with Crippen LogP contribution in [0.25, 0.3) is 10.8 Å². The number of rotatable bonds is 3. The SMILES string of the molecule is C=C[C@@H](C)[C@H](O)c1ccc(O)c2ccccc12. The van der Waals surface area contributed by atoms with E-state index >= 15 is 0 Å². The van der Waals surface area contributed by atoms with Crippen molar-refractivity contribution in [2.45, 2.75) is 13.0 Å². The van der Waals surface area contributed by atoms with Gasteiger partial charge >= 0.3 is 0 Å². The second-order valence-corrected chi connectivity index (χ2v) is 4.26. The number of aliphatic hydroxyl groups excluding tert-OH is 1. The van der Waals surface area contributed by atoms with E-state index in [9.17, 15) is 10.2 Å². The van der Waals surface area contributed by atoms with E-state index < -0.39 is 6.10 Å². The number of phenolic OH excluding ortho intramolecular Hbond substituents is 1. The Hall–Kier alpha value is -1.80. The summed E-state index contributed by atoms with van der Waals surface area (Å²) >= 11 is 0. The summed E-state index contributed by atoms with van der Waals surface area (Å²) in [5, 5.41) is 21.6. The molecule has 2 heteroatoms. The zero-order valence-corrected chi connectivity index (χ0v) is 9.80. The quantitative estimate of drug-likeness (QED) is 0.790. The maximum atomic E-state index is 10.2. The molecule has 17 heavy (non-hydrogen) atoms. The largest absolute Gasteiger partial charge is 0.507 e. The van der Waals surface area contributed by atoms with Gasteiger partial charge in [-0.05, 0) is 17.0 Å². The molecule has 2 nitrogen and oxygen atoms in total. The number of aromatic hydroxyl groups is 1. The average molecular weight is 228 g/mol. The smallest absolute Gasteiger partial charge is 0.123 e. The summed E-state index contributed by atoms with van der Waals surface area (Å²) in [6.07, 6.45) is 1.13. The summed E-state index contributed by atoms with van der Waals surface area (Å²) in [6.45, 7) is 5.61. The molecule has 0 aliphatic heterocycles. The second kappa shape index (κ2) is 4.60. The molecule has 0 aromatic heterocycles. The zero-order chi connectivity index (χ0) is 12.4. The van der Waals surface area contributed by atoms with Crippen molar-refractivity contribution in [3.63, 3.8) is 0 Å². The highest BCUT2D eigenvalue weighted by Gasteiger charge is 2.16. The molecule has 2 aromatic carbocycles. The van der Waals surface area contributed by atoms with E-state index in [1.807, 2.05) is 31.2 Å². The summed E-state index contributed by atoms with van der Waals surface area (Å²) in [5.74, 6) is 0.214. The number of hydrogen-bond acceptors (Lipinski definition) is 2. The molecule has 0 bridgehead atoms. The highest BCUT2D eigenvalue weighted by Crippen LogP contribution is 2.33. The lowest BCUT2D eigenvalue weighted by Gasteiger charge is -2.18. The van der Waals surface area contributed by atoms with Gasteiger partial charge in [0.15, 0.2) is 0 Å². The maximum absolute atomic E-state index is 10.2. The standard InChI is InChI=1S/C15H16O2/c1-3-10(2)15(17)13-8-9-14(16)12-7-5-4-6-11(12)13/h3-10,15-17H,1H2,2H3/t10-,15+/m1/s1. The average Bonchev–Trinajstić information content (AvgIpc) is 2.38. The minimum Gasteiger partial charge on any atom is -0.507 e. The molecule has 2 atom stereocenters. The van der Waals surface area contributed by atoms with Crippen LogP contribution in [0, 0.1) is 5.92 Å². The number of hydrogen-bond donors (Lipinski definition) is 2. The molecule has 2 N–H and O–H groups in total. The third-order valence-corrected chi connectivity index (χ3v) is 3.12. The van der Waals surface area contributed by atoms with Crippen LogP contribution < -0.4 is 0 Å². The second-order valence-electron chi connectivity index (χ2n) is 4.26. The fourth-order valence-electron chi connectivity index (χ4n) is 1.98. The topological polar surface area (TPSA) is 40.5 Å². The van der Waals surface area contributed by atoms with Gasteiger partial charge in [-0.3, -0.25) is 0 Å². The monoisotopic (exact) mass is 228 g/mol. The zero-order valence-electron chi connectivity index (χ0n) is 9.80. The van der Waals surface area contributed by atoms with Crippen LogP contribution in [-0.4, -0.2) is 10.2 Å². The minimum atomic E-state index is -0.599. The van der Waals surface area contributed by atoms with E-state index in [0.717, 1.165) is 16.3 Å². The Morgan fingerprint density at radius 2 is 1.76 bits per heavy atom. The lowest BCUT2D eigenvalue weighted by atomic mass is 9.93. The number of fused-ring (bicyclic) bond motifs is 1. The molecule has 0 saturated heterocycles. The maximum Gasteiger partial charge on any atom is 0.123 e. The molecule has 0 saturated carbocycles. The van der Waals surface area contributed by atoms with E-state index in [2.05, 4.69) is 6.58 Å². The number of phenols is 1. The van der Waals surface area contributed by atoms with Crippen LogP contribution in [0.4, 0.5) is 0 Å². The molecular weight excluding hydrogens is 212 g/mol. The first-order chi connectivity index (χ1) is 8.15. The summed E-state index contributed by atoms with van der Waals surface area (Å²) in [6, 6.07) is 10.9. The molecule has 0 fully saturated rings. The van der Waals surface area contributed by atoms with Gasteiger partial charge in [0.25, 0.3) is 0 Å². The van der Waals surface area contributed by atoms with Crippen molar-refractivity contribution in [2.75, 3.05) is 0 Å². The van der Waals surface area contributed by atoms with Crippen molar-refractivity contribution in [3.8, 4) is 5.75 Å². The molecule has 2 rings (SSSR count). The van der Waals surface area contributed by atoms with Crippen molar-refractivity contribution in [2.24, 2.45) is 5.92 Å². The first kappa shape index (κ1) is 11.7. The van der Waals surface area contributed by atoms with Gasteiger partial charge in [0.2, 0.25) is 0 Å². The third-order valence-electron chi connectivity index (χ3n) is 3.12. The Bertz CT molecular complexity index is 546. The Balaban J connectivity index is 2.62. The van der Waals surface area contributed by atoms with Crippen molar-refractivity contribution in [1.82, 2.24) is 0 Å². The third kappa shape index (κ3) is 2.04. The van der Waals surface area contributed by atoms with Crippen molar-refractivity contribution < 1.29 is 10.2 Å². The highest BCUT2D eigenvalue weighted by atomic mass is 16.3. The van der Waals surface area contributed by atoms with Gasteiger partial charge in [0.1, 0.15) is 5.75 Å². The lowest BCUT2D eigenvalue weighted by molar-refractivity contribution is 0.141. The van der Waals surface area contributed by atoms with Crippen molar-refractivity contribution >= 4 is 10.8 Å². The number of aliphatic hydroxyl groups is 1. The van der Waals surface area contributed by atoms with Crippen molar-refractivity contribution in [1.29, 1.82) is 0 Å². The molecule has 2 aromatic rings. The summed E-state index contributed by atoms with van der Waals surface area (Å²) in [5.41, 5.74) is 0.825. The highest BCUT2D eigenvalue weighted by molar-refractivity contribution is 5.91. The van der Waals surface area contributed by atoms with Gasteiger partial charge in [0, 0.05) is 11.3 Å². The van der Waals surface area contributed by atoms with Crippen molar-refractivity contribution in [3.05, 3.63) is 54.6 Å². The first-order valence-electron chi connectivity index (χ1n) is 5.66. The van der Waals surface area contributed by atoms with Crippen LogP contribution in [0.3, 0.4) is 0 Å². The molecule has 0 aliphatic carbocycles. The molecule has 0 spiro atoms. The van der Waals surface area contributed by atoms with Crippen LogP contribution in [-0.2, 0) is 0 Å². The molecule has 0 amide bonds. The molecule has 0 radical (unpaired) electrons. The van der Waals surface area contributed by atoms with Crippen LogP contribution in [0.2, 0.25) is 0 Å². The van der Waals surface area contributed by atoms with Gasteiger partial charge in [-0.1, -0.05) is 43.3 Å².